The van der Waals surface area contributed by atoms with E-state index in [1.807, 2.05) is 0 Å². The molecule has 0 bridgehead atoms. The van der Waals surface area contributed by atoms with Crippen LogP contribution in [0.15, 0.2) is 84.5 Å². The van der Waals surface area contributed by atoms with Crippen LogP contribution in [0.2, 0.25) is 0 Å². The number of hydrogen-bond acceptors (Lipinski definition) is 0. The van der Waals surface area contributed by atoms with E-state index in [0.29, 0.717) is 11.8 Å². The van der Waals surface area contributed by atoms with Crippen molar-refractivity contribution in [1.82, 2.24) is 0 Å². The van der Waals surface area contributed by atoms with Crippen LogP contribution in [0.3, 0.4) is 0 Å². The molecule has 21 heavy (non-hydrogen) atoms. The molecule has 0 aromatic heterocycles. The van der Waals surface area contributed by atoms with Gasteiger partial charge in [0.25, 0.3) is 0 Å². The molecule has 0 radical (unpaired) electrons. The van der Waals surface area contributed by atoms with Crippen molar-refractivity contribution < 1.29 is 0 Å². The molecule has 2 atom stereocenters. The third-order valence-electron chi connectivity index (χ3n) is 4.29. The van der Waals surface area contributed by atoms with Crippen molar-refractivity contribution in [3.63, 3.8) is 0 Å². The van der Waals surface area contributed by atoms with Crippen molar-refractivity contribution in [2.24, 2.45) is 0 Å². The lowest BCUT2D eigenvalue weighted by Crippen LogP contribution is -2.02. The lowest BCUT2D eigenvalue weighted by Gasteiger charge is -2.20. The van der Waals surface area contributed by atoms with Gasteiger partial charge in [0.15, 0.2) is 0 Å². The van der Waals surface area contributed by atoms with Crippen molar-refractivity contribution in [2.45, 2.75) is 31.6 Å². The zero-order valence-electron chi connectivity index (χ0n) is 12.6. The first kappa shape index (κ1) is 13.9. The van der Waals surface area contributed by atoms with E-state index in [9.17, 15) is 0 Å². The van der Waals surface area contributed by atoms with Gasteiger partial charge >= 0.3 is 0 Å². The van der Waals surface area contributed by atoms with Gasteiger partial charge in [-0.1, -0.05) is 84.5 Å². The first-order chi connectivity index (χ1) is 10.3. The zero-order chi connectivity index (χ0) is 14.5. The second-order valence-electron chi connectivity index (χ2n) is 5.91. The van der Waals surface area contributed by atoms with Crippen LogP contribution in [0.25, 0.3) is 0 Å². The Bertz CT molecular complexity index is 620. The molecule has 0 saturated carbocycles. The van der Waals surface area contributed by atoms with E-state index in [0.717, 1.165) is 12.8 Å². The minimum atomic E-state index is 0.493. The standard InChI is InChI=1S/C21H22/c1-17-12-13-20(18-8-4-2-5-9-18)14-15-21(16-17)19-10-6-3-7-11-19/h2-12,14-15,20-21H,13,16H2,1H3/b15-14-,17-12-/t20-,21+/m1/s1. The summed E-state index contributed by atoms with van der Waals surface area (Å²) in [4.78, 5) is 0. The summed E-state index contributed by atoms with van der Waals surface area (Å²) < 4.78 is 0. The normalized spacial score (nSPS) is 26.2. The van der Waals surface area contributed by atoms with E-state index in [1.165, 1.54) is 16.7 Å². The van der Waals surface area contributed by atoms with Gasteiger partial charge in [-0.2, -0.15) is 0 Å². The molecule has 0 heteroatoms. The fourth-order valence-corrected chi connectivity index (χ4v) is 3.05. The van der Waals surface area contributed by atoms with Crippen LogP contribution in [0.4, 0.5) is 0 Å². The van der Waals surface area contributed by atoms with E-state index in [2.05, 4.69) is 85.8 Å². The van der Waals surface area contributed by atoms with Gasteiger partial charge in [0.1, 0.15) is 0 Å². The molecule has 0 N–H and O–H groups in total. The summed E-state index contributed by atoms with van der Waals surface area (Å²) in [5.41, 5.74) is 4.32. The smallest absolute Gasteiger partial charge is 0.00552 e. The van der Waals surface area contributed by atoms with E-state index in [1.54, 1.807) is 0 Å². The van der Waals surface area contributed by atoms with Gasteiger partial charge in [-0.15, -0.1) is 0 Å². The molecule has 0 amide bonds. The van der Waals surface area contributed by atoms with Crippen LogP contribution >= 0.6 is 0 Å². The fourth-order valence-electron chi connectivity index (χ4n) is 3.05. The predicted octanol–water partition coefficient (Wildman–Crippen LogP) is 5.85. The second kappa shape index (κ2) is 6.58. The molecular weight excluding hydrogens is 252 g/mol. The molecule has 0 aliphatic heterocycles. The molecule has 106 valence electrons. The van der Waals surface area contributed by atoms with E-state index in [-0.39, 0.29) is 0 Å². The largest absolute Gasteiger partial charge is 0.0847 e. The van der Waals surface area contributed by atoms with E-state index in [4.69, 9.17) is 0 Å². The molecule has 1 aliphatic carbocycles. The highest BCUT2D eigenvalue weighted by molar-refractivity contribution is 5.31. The quantitative estimate of drug-likeness (QED) is 0.602. The monoisotopic (exact) mass is 274 g/mol. The summed E-state index contributed by atoms with van der Waals surface area (Å²) in [6, 6.07) is 21.7. The van der Waals surface area contributed by atoms with Crippen molar-refractivity contribution in [2.75, 3.05) is 0 Å². The summed E-state index contributed by atoms with van der Waals surface area (Å²) >= 11 is 0. The van der Waals surface area contributed by atoms with Crippen LogP contribution in [0.1, 0.15) is 42.7 Å². The van der Waals surface area contributed by atoms with Crippen LogP contribution in [0.5, 0.6) is 0 Å². The van der Waals surface area contributed by atoms with Gasteiger partial charge in [-0.3, -0.25) is 0 Å². The number of benzene rings is 2. The van der Waals surface area contributed by atoms with Crippen LogP contribution in [-0.4, -0.2) is 0 Å². The molecule has 3 rings (SSSR count). The summed E-state index contributed by atoms with van der Waals surface area (Å²) in [6.07, 6.45) is 9.45. The van der Waals surface area contributed by atoms with E-state index >= 15 is 0 Å². The molecule has 0 fully saturated rings. The predicted molar refractivity (Wildman–Crippen MR) is 90.5 cm³/mol. The molecule has 0 heterocycles. The molecule has 0 saturated heterocycles. The van der Waals surface area contributed by atoms with Crippen LogP contribution < -0.4 is 0 Å². The summed E-state index contributed by atoms with van der Waals surface area (Å²) in [6.45, 7) is 2.26. The highest BCUT2D eigenvalue weighted by Crippen LogP contribution is 2.31. The zero-order valence-corrected chi connectivity index (χ0v) is 12.6. The Morgan fingerprint density at radius 1 is 0.714 bits per heavy atom. The Balaban J connectivity index is 1.89. The maximum absolute atomic E-state index is 2.41. The molecule has 1 aliphatic rings. The second-order valence-corrected chi connectivity index (χ2v) is 5.91. The van der Waals surface area contributed by atoms with Gasteiger partial charge < -0.3 is 0 Å². The van der Waals surface area contributed by atoms with Crippen LogP contribution in [-0.2, 0) is 0 Å². The number of hydrogen-bond donors (Lipinski definition) is 0. The van der Waals surface area contributed by atoms with Gasteiger partial charge in [-0.05, 0) is 30.9 Å². The molecule has 2 aromatic carbocycles. The Labute approximate surface area is 127 Å². The Morgan fingerprint density at radius 2 is 1.24 bits per heavy atom. The van der Waals surface area contributed by atoms with Gasteiger partial charge in [0.05, 0.1) is 0 Å². The van der Waals surface area contributed by atoms with Gasteiger partial charge in [0, 0.05) is 11.8 Å². The van der Waals surface area contributed by atoms with Crippen molar-refractivity contribution in [3.8, 4) is 0 Å². The van der Waals surface area contributed by atoms with Gasteiger partial charge in [-0.25, -0.2) is 0 Å². The number of rotatable bonds is 2. The summed E-state index contributed by atoms with van der Waals surface area (Å²) in [5.74, 6) is 0.988. The fraction of sp³-hybridized carbons (Fsp3) is 0.238. The maximum Gasteiger partial charge on any atom is 0.00552 e. The maximum atomic E-state index is 2.41. The molecule has 0 spiro atoms. The third kappa shape index (κ3) is 3.52. The topological polar surface area (TPSA) is 0 Å². The molecule has 0 nitrogen and oxygen atoms in total. The average molecular weight is 274 g/mol. The molecule has 0 unspecified atom stereocenters. The Hall–Kier alpha value is -2.08. The molecule has 2 aromatic rings. The SMILES string of the molecule is C/C1=C/C[C@@H](c2ccccc2)/C=C\[C@H](c2ccccc2)C1. The highest BCUT2D eigenvalue weighted by atomic mass is 14.2. The Kier molecular flexibility index (Phi) is 4.35. The van der Waals surface area contributed by atoms with Crippen molar-refractivity contribution >= 4 is 0 Å². The van der Waals surface area contributed by atoms with Gasteiger partial charge in [0.2, 0.25) is 0 Å². The van der Waals surface area contributed by atoms with E-state index < -0.39 is 0 Å². The average Bonchev–Trinajstić information content (AvgIpc) is 2.53. The summed E-state index contributed by atoms with van der Waals surface area (Å²) in [7, 11) is 0. The minimum Gasteiger partial charge on any atom is -0.0847 e. The van der Waals surface area contributed by atoms with Crippen molar-refractivity contribution in [1.29, 1.82) is 0 Å². The van der Waals surface area contributed by atoms with Crippen LogP contribution in [0, 0.1) is 0 Å². The summed E-state index contributed by atoms with van der Waals surface area (Å²) in [5, 5.41) is 0. The lowest BCUT2D eigenvalue weighted by atomic mass is 9.85. The number of allylic oxidation sites excluding steroid dienone is 4. The first-order valence-electron chi connectivity index (χ1n) is 7.77. The van der Waals surface area contributed by atoms with Crippen molar-refractivity contribution in [3.05, 3.63) is 95.6 Å². The molecular formula is C21H22. The Morgan fingerprint density at radius 3 is 1.86 bits per heavy atom. The minimum absolute atomic E-state index is 0.493. The first-order valence-corrected chi connectivity index (χ1v) is 7.77. The third-order valence-corrected chi connectivity index (χ3v) is 4.29. The lowest BCUT2D eigenvalue weighted by molar-refractivity contribution is 0.765. The highest BCUT2D eigenvalue weighted by Gasteiger charge is 2.14.